The van der Waals surface area contributed by atoms with E-state index in [1.54, 1.807) is 0 Å². The lowest BCUT2D eigenvalue weighted by Gasteiger charge is -2.47. The Morgan fingerprint density at radius 2 is 2.06 bits per heavy atom. The van der Waals surface area contributed by atoms with E-state index in [9.17, 15) is 0 Å². The third-order valence-electron chi connectivity index (χ3n) is 4.18. The summed E-state index contributed by atoms with van der Waals surface area (Å²) in [5.74, 6) is 0.145. The summed E-state index contributed by atoms with van der Waals surface area (Å²) >= 11 is 0. The maximum atomic E-state index is 6.26. The van der Waals surface area contributed by atoms with E-state index >= 15 is 0 Å². The Hall–Kier alpha value is -0.120. The molecule has 1 aliphatic carbocycles. The summed E-state index contributed by atoms with van der Waals surface area (Å²) in [5.41, 5.74) is -0.0694. The van der Waals surface area contributed by atoms with Crippen LogP contribution < -0.4 is 0 Å². The van der Waals surface area contributed by atoms with E-state index in [4.69, 9.17) is 14.2 Å². The summed E-state index contributed by atoms with van der Waals surface area (Å²) < 4.78 is 18.4. The highest BCUT2D eigenvalue weighted by atomic mass is 16.7. The second kappa shape index (κ2) is 3.94. The zero-order valence-electron chi connectivity index (χ0n) is 11.2. The Morgan fingerprint density at radius 1 is 1.24 bits per heavy atom. The lowest BCUT2D eigenvalue weighted by molar-refractivity contribution is -0.279. The van der Waals surface area contributed by atoms with Gasteiger partial charge < -0.3 is 14.2 Å². The van der Waals surface area contributed by atoms with E-state index < -0.39 is 0 Å². The molecule has 98 valence electrons. The Kier molecular flexibility index (Phi) is 2.77. The van der Waals surface area contributed by atoms with Crippen molar-refractivity contribution in [1.82, 2.24) is 0 Å². The van der Waals surface area contributed by atoms with Crippen molar-refractivity contribution in [2.45, 2.75) is 76.5 Å². The summed E-state index contributed by atoms with van der Waals surface area (Å²) in [6.07, 6.45) is 6.34. The number of hydrogen-bond acceptors (Lipinski definition) is 3. The van der Waals surface area contributed by atoms with Gasteiger partial charge in [0.2, 0.25) is 0 Å². The van der Waals surface area contributed by atoms with Gasteiger partial charge in [-0.3, -0.25) is 0 Å². The van der Waals surface area contributed by atoms with Gasteiger partial charge in [0, 0.05) is 18.8 Å². The van der Waals surface area contributed by atoms with Crippen LogP contribution in [0.4, 0.5) is 0 Å². The molecule has 3 heteroatoms. The molecule has 4 atom stereocenters. The highest BCUT2D eigenvalue weighted by Gasteiger charge is 2.57. The highest BCUT2D eigenvalue weighted by molar-refractivity contribution is 4.99. The standard InChI is InChI=1S/C14H24O3/c1-13(2,3)17-12-8-10-9-15-14(16-10)7-5-4-6-11(12)14/h10-12H,4-9H2,1-3H3/t10-,11+,12+,14+/m1/s1. The van der Waals surface area contributed by atoms with Crippen LogP contribution >= 0.6 is 0 Å². The van der Waals surface area contributed by atoms with Crippen LogP contribution in [-0.2, 0) is 14.2 Å². The minimum absolute atomic E-state index is 0.0694. The van der Waals surface area contributed by atoms with Crippen molar-refractivity contribution in [3.63, 3.8) is 0 Å². The topological polar surface area (TPSA) is 27.7 Å². The number of fused-ring (bicyclic) bond motifs is 1. The van der Waals surface area contributed by atoms with Gasteiger partial charge in [-0.15, -0.1) is 0 Å². The first-order chi connectivity index (χ1) is 7.99. The second-order valence-corrected chi connectivity index (χ2v) is 6.72. The predicted octanol–water partition coefficient (Wildman–Crippen LogP) is 2.88. The molecule has 2 heterocycles. The molecule has 0 aromatic heterocycles. The molecule has 3 nitrogen and oxygen atoms in total. The van der Waals surface area contributed by atoms with Crippen LogP contribution in [0.3, 0.4) is 0 Å². The second-order valence-electron chi connectivity index (χ2n) is 6.72. The molecule has 3 rings (SSSR count). The average molecular weight is 240 g/mol. The van der Waals surface area contributed by atoms with Gasteiger partial charge in [-0.25, -0.2) is 0 Å². The van der Waals surface area contributed by atoms with Crippen molar-refractivity contribution >= 4 is 0 Å². The molecule has 0 N–H and O–H groups in total. The first kappa shape index (κ1) is 11.9. The molecule has 0 radical (unpaired) electrons. The molecule has 2 aliphatic heterocycles. The first-order valence-electron chi connectivity index (χ1n) is 6.98. The number of ether oxygens (including phenoxy) is 3. The molecular weight excluding hydrogens is 216 g/mol. The Bertz CT molecular complexity index is 292. The van der Waals surface area contributed by atoms with Crippen molar-refractivity contribution in [3.05, 3.63) is 0 Å². The van der Waals surface area contributed by atoms with E-state index in [1.807, 2.05) is 0 Å². The maximum absolute atomic E-state index is 6.26. The third-order valence-corrected chi connectivity index (χ3v) is 4.18. The number of hydrogen-bond donors (Lipinski definition) is 0. The SMILES string of the molecule is CC(C)(C)O[C@H]1C[C@@H]2CO[C@@]3(CCCC[C@@H]13)O2. The zero-order valence-corrected chi connectivity index (χ0v) is 11.2. The van der Waals surface area contributed by atoms with Crippen LogP contribution in [0.1, 0.15) is 52.9 Å². The predicted molar refractivity (Wildman–Crippen MR) is 64.8 cm³/mol. The van der Waals surface area contributed by atoms with E-state index in [0.717, 1.165) is 19.4 Å². The minimum Gasteiger partial charge on any atom is -0.372 e. The lowest BCUT2D eigenvalue weighted by Crippen LogP contribution is -2.53. The van der Waals surface area contributed by atoms with Gasteiger partial charge in [0.15, 0.2) is 5.79 Å². The normalized spacial score (nSPS) is 45.7. The van der Waals surface area contributed by atoms with Gasteiger partial charge in [0.05, 0.1) is 24.4 Å². The Morgan fingerprint density at radius 3 is 2.82 bits per heavy atom. The van der Waals surface area contributed by atoms with Crippen molar-refractivity contribution in [3.8, 4) is 0 Å². The van der Waals surface area contributed by atoms with Crippen LogP contribution in [-0.4, -0.2) is 30.2 Å². The van der Waals surface area contributed by atoms with E-state index in [1.165, 1.54) is 19.3 Å². The summed E-state index contributed by atoms with van der Waals surface area (Å²) in [4.78, 5) is 0. The fraction of sp³-hybridized carbons (Fsp3) is 1.00. The number of rotatable bonds is 1. The van der Waals surface area contributed by atoms with E-state index in [0.29, 0.717) is 12.0 Å². The monoisotopic (exact) mass is 240 g/mol. The van der Waals surface area contributed by atoms with Gasteiger partial charge in [-0.05, 0) is 33.6 Å². The minimum atomic E-state index is -0.295. The summed E-state index contributed by atoms with van der Waals surface area (Å²) in [5, 5.41) is 0. The molecule has 0 unspecified atom stereocenters. The molecule has 3 fully saturated rings. The average Bonchev–Trinajstić information content (AvgIpc) is 2.54. The molecule has 0 aromatic rings. The van der Waals surface area contributed by atoms with Crippen LogP contribution in [0.2, 0.25) is 0 Å². The molecule has 0 aromatic carbocycles. The fourth-order valence-corrected chi connectivity index (χ4v) is 3.64. The van der Waals surface area contributed by atoms with Gasteiger partial charge in [-0.1, -0.05) is 6.42 Å². The van der Waals surface area contributed by atoms with Crippen molar-refractivity contribution in [1.29, 1.82) is 0 Å². The highest BCUT2D eigenvalue weighted by Crippen LogP contribution is 2.50. The molecule has 3 aliphatic rings. The van der Waals surface area contributed by atoms with Crippen LogP contribution in [0.5, 0.6) is 0 Å². The summed E-state index contributed by atoms with van der Waals surface area (Å²) in [6, 6.07) is 0. The van der Waals surface area contributed by atoms with Crippen LogP contribution in [0, 0.1) is 5.92 Å². The molecule has 1 spiro atoms. The van der Waals surface area contributed by atoms with Crippen molar-refractivity contribution < 1.29 is 14.2 Å². The smallest absolute Gasteiger partial charge is 0.174 e. The lowest BCUT2D eigenvalue weighted by atomic mass is 9.77. The van der Waals surface area contributed by atoms with Gasteiger partial charge in [-0.2, -0.15) is 0 Å². The Labute approximate surface area is 104 Å². The third kappa shape index (κ3) is 2.13. The molecule has 2 saturated heterocycles. The van der Waals surface area contributed by atoms with Gasteiger partial charge >= 0.3 is 0 Å². The van der Waals surface area contributed by atoms with E-state index in [2.05, 4.69) is 20.8 Å². The zero-order chi connectivity index (χ0) is 12.1. The van der Waals surface area contributed by atoms with Crippen molar-refractivity contribution in [2.24, 2.45) is 5.92 Å². The molecule has 0 amide bonds. The molecule has 17 heavy (non-hydrogen) atoms. The largest absolute Gasteiger partial charge is 0.372 e. The van der Waals surface area contributed by atoms with Crippen LogP contribution in [0.25, 0.3) is 0 Å². The first-order valence-corrected chi connectivity index (χ1v) is 6.98. The van der Waals surface area contributed by atoms with E-state index in [-0.39, 0.29) is 17.5 Å². The van der Waals surface area contributed by atoms with Crippen LogP contribution in [0.15, 0.2) is 0 Å². The summed E-state index contributed by atoms with van der Waals surface area (Å²) in [6.45, 7) is 7.18. The quantitative estimate of drug-likeness (QED) is 0.705. The molecule has 2 bridgehead atoms. The summed E-state index contributed by atoms with van der Waals surface area (Å²) in [7, 11) is 0. The maximum Gasteiger partial charge on any atom is 0.174 e. The molecule has 1 saturated carbocycles. The Balaban J connectivity index is 1.81. The molecular formula is C14H24O3. The van der Waals surface area contributed by atoms with Gasteiger partial charge in [0.25, 0.3) is 0 Å². The fourth-order valence-electron chi connectivity index (χ4n) is 3.64. The van der Waals surface area contributed by atoms with Gasteiger partial charge in [0.1, 0.15) is 0 Å². The van der Waals surface area contributed by atoms with Crippen molar-refractivity contribution in [2.75, 3.05) is 6.61 Å².